The summed E-state index contributed by atoms with van der Waals surface area (Å²) < 4.78 is 122. The van der Waals surface area contributed by atoms with Crippen LogP contribution >= 0.6 is 30.8 Å². The van der Waals surface area contributed by atoms with E-state index in [0.29, 0.717) is 37.4 Å². The third-order valence-electron chi connectivity index (χ3n) is 19.7. The molecule has 0 amide bonds. The highest BCUT2D eigenvalue weighted by molar-refractivity contribution is 7.68. The summed E-state index contributed by atoms with van der Waals surface area (Å²) in [4.78, 5) is 208. The molecule has 54 heteroatoms. The topological polar surface area (TPSA) is 717 Å². The Bertz CT molecular complexity index is 5500. The number of esters is 4. The Labute approximate surface area is 771 Å². The number of hydrogen-bond acceptors (Lipinski definition) is 36. The minimum atomic E-state index is -5.60. The molecule has 8 heterocycles. The summed E-state index contributed by atoms with van der Waals surface area (Å²) in [6, 6.07) is 3.24. The second-order valence-corrected chi connectivity index (χ2v) is 38.6. The monoisotopic (exact) mass is 2000 g/mol. The number of H-pyrrole nitrogens is 4. The second-order valence-electron chi connectivity index (χ2n) is 32.2. The van der Waals surface area contributed by atoms with E-state index in [0.717, 1.165) is 32.3 Å². The molecule has 10 unspecified atom stereocenters. The highest BCUT2D eigenvalue weighted by atomic mass is 31.3. The van der Waals surface area contributed by atoms with Gasteiger partial charge in [0.2, 0.25) is 0 Å². The summed E-state index contributed by atoms with van der Waals surface area (Å²) >= 11 is 0. The van der Waals surface area contributed by atoms with Crippen molar-refractivity contribution < 1.29 is 163 Å². The molecular formula is C81H122N8O42P4. The van der Waals surface area contributed by atoms with Gasteiger partial charge in [-0.25, -0.2) is 37.4 Å². The summed E-state index contributed by atoms with van der Waals surface area (Å²) in [6.07, 6.45) is 26.0. The van der Waals surface area contributed by atoms with Gasteiger partial charge in [0.05, 0.1) is 60.8 Å². The molecule has 0 bridgehead atoms. The van der Waals surface area contributed by atoms with Crippen molar-refractivity contribution in [2.75, 3.05) is 12.7 Å². The average Bonchev–Trinajstić information content (AvgIpc) is 1.61. The molecule has 16 rings (SSSR count). The van der Waals surface area contributed by atoms with E-state index >= 15 is 0 Å². The van der Waals surface area contributed by atoms with Gasteiger partial charge in [-0.3, -0.25) is 85.7 Å². The van der Waals surface area contributed by atoms with Gasteiger partial charge in [-0.05, 0) is 98.1 Å². The van der Waals surface area contributed by atoms with Gasteiger partial charge < -0.3 is 106 Å². The zero-order valence-corrected chi connectivity index (χ0v) is 76.9. The van der Waals surface area contributed by atoms with Crippen molar-refractivity contribution in [1.29, 1.82) is 0 Å². The van der Waals surface area contributed by atoms with Crippen molar-refractivity contribution in [2.45, 2.75) is 290 Å². The number of aromatic amines is 4. The van der Waals surface area contributed by atoms with Crippen LogP contribution in [0.15, 0.2) is 160 Å². The van der Waals surface area contributed by atoms with Crippen molar-refractivity contribution in [1.82, 2.24) is 38.2 Å². The lowest BCUT2D eigenvalue weighted by molar-refractivity contribution is -0.231. The smallest absolute Gasteiger partial charge is 0.458 e. The van der Waals surface area contributed by atoms with Crippen LogP contribution in [-0.2, 0) is 113 Å². The fraction of sp³-hybridized carbons (Fsp3) is 0.593. The van der Waals surface area contributed by atoms with Gasteiger partial charge in [0.25, 0.3) is 22.2 Å². The number of ether oxygens (including phenoxy) is 12. The number of phosphoric acid groups is 2. The van der Waals surface area contributed by atoms with E-state index in [1.165, 1.54) is 88.9 Å². The molecule has 7 fully saturated rings. The highest BCUT2D eigenvalue weighted by Gasteiger charge is 2.59. The number of carbonyl (C=O) groups excluding carboxylic acids is 5. The van der Waals surface area contributed by atoms with E-state index < -0.39 is 203 Å². The summed E-state index contributed by atoms with van der Waals surface area (Å²) in [6.45, 7) is 18.5. The molecule has 4 aliphatic heterocycles. The van der Waals surface area contributed by atoms with E-state index in [4.69, 9.17) is 82.0 Å². The van der Waals surface area contributed by atoms with Crippen LogP contribution in [0.2, 0.25) is 0 Å². The van der Waals surface area contributed by atoms with E-state index in [1.807, 2.05) is 6.08 Å². The van der Waals surface area contributed by atoms with Crippen LogP contribution in [0.3, 0.4) is 0 Å². The normalized spacial score (nSPS) is 28.8. The number of nitrogens with zero attached hydrogens (tertiary/aromatic N) is 4. The maximum atomic E-state index is 12.2. The van der Waals surface area contributed by atoms with Gasteiger partial charge >= 0.3 is 83.4 Å². The van der Waals surface area contributed by atoms with Crippen LogP contribution in [0.25, 0.3) is 0 Å². The Kier molecular flexibility index (Phi) is 45.0. The van der Waals surface area contributed by atoms with E-state index in [1.54, 1.807) is 65.8 Å². The largest absolute Gasteiger partial charge is 0.488 e. The lowest BCUT2D eigenvalue weighted by atomic mass is 10.1. The van der Waals surface area contributed by atoms with Crippen LogP contribution < -0.4 is 45.0 Å². The molecule has 8 aliphatic carbocycles. The molecule has 14 N–H and O–H groups in total. The molecule has 22 atom stereocenters. The molecule has 4 aromatic heterocycles. The highest BCUT2D eigenvalue weighted by Crippen LogP contribution is 2.66. The number of rotatable bonds is 16. The van der Waals surface area contributed by atoms with Gasteiger partial charge in [0.15, 0.2) is 17.4 Å². The summed E-state index contributed by atoms with van der Waals surface area (Å²) in [5, 5.41) is 35.5. The lowest BCUT2D eigenvalue weighted by Crippen LogP contribution is -2.36. The van der Waals surface area contributed by atoms with Crippen molar-refractivity contribution in [3.05, 3.63) is 205 Å². The molecule has 4 saturated heterocycles. The first-order valence-electron chi connectivity index (χ1n) is 40.6. The number of carbonyl (C=O) groups is 5. The van der Waals surface area contributed by atoms with Gasteiger partial charge in [-0.1, -0.05) is 90.0 Å². The molecule has 758 valence electrons. The average molecular weight is 2000 g/mol. The molecule has 0 radical (unpaired) electrons. The standard InChI is InChI=1S/C13H21N2O14P3.C13H19N2O8P.C12H16N2O5.C9H10N2O3.C8H12O2.C7H10O3.C5H6O.C5H6.C4H6O3.C2H4O3.3CH4/c1-13(2)26-10-7(15-4-3-9(16)14-12(15)17)5-8(11(10)27-13)25-6-30(18,19)28-32(23,24)29-31(20,21)22;1-13(2)22-10-7(15-4-3-9(16)14-12(15)17)5-8(11(10)23-13)21-6-24(18,19)20;1-12(2)18-9-6(5-7(15)10(9)19-12)14-4-3-8(16)13-11(14)17;12-7-2-1-6(5-7)11-4-3-8(13)10-9(11)14;1-6-3-4-8(5-6)10-7(2)9;1-5(8)10-7-3-2-6(9)4-7;1-2-4-5(3-1)6-4;1-2-4-5-3-1;1-3(5)7-4(2)6;1-2(3)5-4;;;/h3-4,7-8,10-11H,5-6H2,1-2H3,(H,18,19)(H,23,24)(H,14,16,17)(H2,20,21,22);3-4,7-8,10-11H,5-6H2,1-2H3,(H,14,16,17)(H2,18,19,20);3-4,6-7,9-10,15H,5H2,1-2H3,(H,13,16,17);1-4,6-7,12H,5H2,(H,10,13,14);3-4,6,8H,5H2,1-2H3;2-3,6-7,9H,4H2,1H3;1-2,4-5H,3H2;1-4H,5H2;1-2H3;4H,1H3;3*1H4/t2*7-,8+,10?,11?;6-,7+,9?,10?;6-,7+;6-,8+;6-,7+;;;;;;;/m111011......./s1. The van der Waals surface area contributed by atoms with E-state index in [-0.39, 0.29) is 71.4 Å². The molecule has 135 heavy (non-hydrogen) atoms. The number of nitrogens with one attached hydrogen (secondary N) is 4. The third kappa shape index (κ3) is 39.3. The van der Waals surface area contributed by atoms with Crippen LogP contribution in [0.5, 0.6) is 0 Å². The van der Waals surface area contributed by atoms with E-state index in [9.17, 15) is 101 Å². The van der Waals surface area contributed by atoms with Gasteiger partial charge in [0, 0.05) is 96.5 Å². The number of aliphatic hydroxyl groups is 3. The Hall–Kier alpha value is -9.21. The maximum absolute atomic E-state index is 12.2. The zero-order valence-electron chi connectivity index (χ0n) is 73.3. The summed E-state index contributed by atoms with van der Waals surface area (Å²) in [5.41, 5.74) is -4.22. The Morgan fingerprint density at radius 2 is 0.830 bits per heavy atom. The molecule has 50 nitrogen and oxygen atoms in total. The number of fused-ring (bicyclic) bond motifs is 4. The minimum absolute atomic E-state index is 0. The van der Waals surface area contributed by atoms with Crippen LogP contribution in [0, 0.1) is 5.92 Å². The number of aromatic nitrogens is 8. The predicted molar refractivity (Wildman–Crippen MR) is 474 cm³/mol. The second kappa shape index (κ2) is 51.4. The number of allylic oxidation sites excluding steroid dienone is 6. The quantitative estimate of drug-likeness (QED) is 0.0110. The van der Waals surface area contributed by atoms with Gasteiger partial charge in [-0.2, -0.15) is 9.57 Å². The van der Waals surface area contributed by atoms with E-state index in [2.05, 4.69) is 87.6 Å². The number of hydrogen-bond donors (Lipinski definition) is 14. The van der Waals surface area contributed by atoms with Crippen LogP contribution in [-0.4, -0.2) is 240 Å². The molecule has 4 aromatic rings. The lowest BCUT2D eigenvalue weighted by Gasteiger charge is -2.24. The summed E-state index contributed by atoms with van der Waals surface area (Å²) in [5.74, 6) is -4.54. The first kappa shape index (κ1) is 118. The fourth-order valence-electron chi connectivity index (χ4n) is 14.8. The van der Waals surface area contributed by atoms with Crippen molar-refractivity contribution in [3.8, 4) is 0 Å². The summed E-state index contributed by atoms with van der Waals surface area (Å²) in [7, 11) is -20.5. The SMILES string of the molecule is C.C.C.C1=CC2OC2C1.C1=CCC=C1.CC(=O)OC(C)=O.CC(=O)OO.CC(=O)O[C@H]1C=C[C@@H](C)C1.CC(=O)O[C@H]1C=C[C@@H](O)C1.CC1(C)OC2C(O1)[C@@H](O)C[C@H]2n1ccc(=O)[nH]c1=O.CC1(C)OC2C(O1)[C@H](n1ccc(=O)[nH]c1=O)C[C@@H]2OCP(=O)(O)O.CC1(C)OC2C(O1)[C@H](n1ccc(=O)[nH]c1=O)C[C@@H]2OCP(=O)(O)OP(=O)(O)OP(=O)(O)O.O=c1ccn([C@H]2C=C[C@@H](O)C2)c(=O)[nH]1. The first-order chi connectivity index (χ1) is 61.3. The predicted octanol–water partition coefficient (Wildman–Crippen LogP) is 4.03. The van der Waals surface area contributed by atoms with Crippen molar-refractivity contribution >= 4 is 60.7 Å². The zero-order chi connectivity index (χ0) is 98.5. The van der Waals surface area contributed by atoms with Gasteiger partial charge in [-0.15, -0.1) is 0 Å². The molecule has 3 saturated carbocycles. The van der Waals surface area contributed by atoms with Crippen molar-refractivity contribution in [3.63, 3.8) is 0 Å². The molecule has 0 spiro atoms. The fourth-order valence-corrected chi connectivity index (χ4v) is 18.5. The number of aliphatic hydroxyl groups excluding tert-OH is 3. The minimum Gasteiger partial charge on any atom is -0.458 e. The maximum Gasteiger partial charge on any atom is 0.488 e. The molecule has 0 aromatic carbocycles. The number of epoxide rings is 1. The first-order valence-corrected chi connectivity index (χ1v) is 47.2. The Morgan fingerprint density at radius 1 is 0.452 bits per heavy atom. The molecule has 12 aliphatic rings. The molecular weight excluding hydrogens is 1880 g/mol. The van der Waals surface area contributed by atoms with Crippen molar-refractivity contribution in [2.24, 2.45) is 5.92 Å². The van der Waals surface area contributed by atoms with Gasteiger partial charge in [0.1, 0.15) is 67.6 Å². The Morgan fingerprint density at radius 3 is 1.13 bits per heavy atom. The Balaban J connectivity index is 0.000000331. The van der Waals surface area contributed by atoms with Crippen LogP contribution in [0.1, 0.15) is 181 Å². The third-order valence-corrected chi connectivity index (χ3v) is 24.2. The van der Waals surface area contributed by atoms with Crippen LogP contribution in [0.4, 0.5) is 0 Å².